The summed E-state index contributed by atoms with van der Waals surface area (Å²) in [5, 5.41) is 15.3. The van der Waals surface area contributed by atoms with Gasteiger partial charge in [0, 0.05) is 35.8 Å². The predicted octanol–water partition coefficient (Wildman–Crippen LogP) is 3.46. The summed E-state index contributed by atoms with van der Waals surface area (Å²) in [6.45, 7) is 4.81. The van der Waals surface area contributed by atoms with E-state index in [-0.39, 0.29) is 16.7 Å². The Kier molecular flexibility index (Phi) is 4.81. The van der Waals surface area contributed by atoms with Gasteiger partial charge < -0.3 is 5.32 Å². The van der Waals surface area contributed by atoms with Gasteiger partial charge in [0.25, 0.3) is 5.69 Å². The number of aromatic nitrogens is 1. The Balaban J connectivity index is 1.99. The Morgan fingerprint density at radius 1 is 1.50 bits per heavy atom. The average molecular weight is 291 g/mol. The highest BCUT2D eigenvalue weighted by Gasteiger charge is 2.11. The molecule has 0 aliphatic heterocycles. The van der Waals surface area contributed by atoms with Crippen LogP contribution in [0.4, 0.5) is 5.69 Å². The molecule has 2 aromatic rings. The highest BCUT2D eigenvalue weighted by Crippen LogP contribution is 2.20. The van der Waals surface area contributed by atoms with Crippen LogP contribution in [0.3, 0.4) is 0 Å². The van der Waals surface area contributed by atoms with Crippen molar-refractivity contribution in [3.8, 4) is 0 Å². The van der Waals surface area contributed by atoms with Gasteiger partial charge in [-0.3, -0.25) is 10.1 Å². The Morgan fingerprint density at radius 3 is 2.95 bits per heavy atom. The second-order valence-corrected chi connectivity index (χ2v) is 5.73. The highest BCUT2D eigenvalue weighted by atomic mass is 32.1. The number of nitrogens with zero attached hydrogens (tertiary/aromatic N) is 2. The van der Waals surface area contributed by atoms with Crippen LogP contribution in [-0.2, 0) is 13.0 Å². The molecule has 0 spiro atoms. The molecule has 0 saturated carbocycles. The van der Waals surface area contributed by atoms with Crippen LogP contribution in [0.2, 0.25) is 0 Å². The Labute approximate surface area is 121 Å². The van der Waals surface area contributed by atoms with E-state index in [1.54, 1.807) is 23.5 Å². The van der Waals surface area contributed by atoms with Crippen LogP contribution in [0.5, 0.6) is 0 Å². The molecular formula is C14H17N3O2S. The second-order valence-electron chi connectivity index (χ2n) is 4.53. The minimum absolute atomic E-state index is 0.0575. The van der Waals surface area contributed by atoms with Crippen LogP contribution in [-0.4, -0.2) is 9.91 Å². The first-order chi connectivity index (χ1) is 9.60. The van der Waals surface area contributed by atoms with Crippen LogP contribution in [0.25, 0.3) is 0 Å². The van der Waals surface area contributed by atoms with E-state index in [2.05, 4.69) is 17.2 Å². The Morgan fingerprint density at radius 2 is 2.30 bits per heavy atom. The molecule has 5 nitrogen and oxygen atoms in total. The number of thiazole rings is 1. The number of rotatable bonds is 6. The van der Waals surface area contributed by atoms with Gasteiger partial charge in [0.1, 0.15) is 0 Å². The van der Waals surface area contributed by atoms with Crippen molar-refractivity contribution < 1.29 is 4.92 Å². The van der Waals surface area contributed by atoms with Gasteiger partial charge in [-0.05, 0) is 18.9 Å². The number of benzene rings is 1. The minimum atomic E-state index is -0.368. The first-order valence-corrected chi connectivity index (χ1v) is 7.33. The molecule has 0 radical (unpaired) electrons. The molecular weight excluding hydrogens is 274 g/mol. The normalized spacial score (nSPS) is 12.3. The zero-order valence-electron chi connectivity index (χ0n) is 11.5. The lowest BCUT2D eigenvalue weighted by atomic mass is 10.1. The summed E-state index contributed by atoms with van der Waals surface area (Å²) in [5.41, 5.74) is 1.04. The van der Waals surface area contributed by atoms with Gasteiger partial charge in [0.05, 0.1) is 9.93 Å². The van der Waals surface area contributed by atoms with E-state index in [9.17, 15) is 10.1 Å². The number of nitro groups is 1. The molecule has 1 aromatic heterocycles. The van der Waals surface area contributed by atoms with Crippen LogP contribution in [0.1, 0.15) is 35.3 Å². The number of aryl methyl sites for hydroxylation is 1. The Bertz CT molecular complexity index is 598. The number of hydrogen-bond donors (Lipinski definition) is 1. The fourth-order valence-corrected chi connectivity index (χ4v) is 2.69. The lowest BCUT2D eigenvalue weighted by Gasteiger charge is -2.13. The van der Waals surface area contributed by atoms with E-state index in [0.29, 0.717) is 0 Å². The molecule has 0 amide bonds. The van der Waals surface area contributed by atoms with Crippen molar-refractivity contribution in [2.45, 2.75) is 32.9 Å². The molecule has 1 heterocycles. The van der Waals surface area contributed by atoms with Crippen molar-refractivity contribution in [3.05, 3.63) is 56.0 Å². The maximum Gasteiger partial charge on any atom is 0.269 e. The van der Waals surface area contributed by atoms with Gasteiger partial charge in [-0.25, -0.2) is 4.98 Å². The lowest BCUT2D eigenvalue weighted by Crippen LogP contribution is -2.17. The summed E-state index contributed by atoms with van der Waals surface area (Å²) in [6, 6.07) is 6.79. The monoisotopic (exact) mass is 291 g/mol. The molecule has 2 rings (SSSR count). The molecule has 1 atom stereocenters. The number of nitro benzene ring substituents is 1. The topological polar surface area (TPSA) is 68.1 Å². The number of hydrogen-bond acceptors (Lipinski definition) is 5. The molecule has 1 unspecified atom stereocenters. The maximum atomic E-state index is 10.8. The number of non-ortho nitro benzene ring substituents is 1. The fraction of sp³-hybridized carbons (Fsp3) is 0.357. The van der Waals surface area contributed by atoms with Crippen LogP contribution >= 0.6 is 11.3 Å². The van der Waals surface area contributed by atoms with Crippen molar-refractivity contribution in [1.29, 1.82) is 0 Å². The van der Waals surface area contributed by atoms with E-state index < -0.39 is 0 Å². The van der Waals surface area contributed by atoms with E-state index >= 15 is 0 Å². The first-order valence-electron chi connectivity index (χ1n) is 6.51. The summed E-state index contributed by atoms with van der Waals surface area (Å²) in [6.07, 6.45) is 2.84. The fourth-order valence-electron chi connectivity index (χ4n) is 1.87. The third-order valence-corrected chi connectivity index (χ3v) is 4.21. The van der Waals surface area contributed by atoms with E-state index in [1.165, 1.54) is 10.9 Å². The minimum Gasteiger partial charge on any atom is -0.305 e. The average Bonchev–Trinajstić information content (AvgIpc) is 2.93. The summed E-state index contributed by atoms with van der Waals surface area (Å²) >= 11 is 1.70. The quantitative estimate of drug-likeness (QED) is 0.653. The number of nitrogens with one attached hydrogen (secondary N) is 1. The van der Waals surface area contributed by atoms with E-state index in [1.807, 2.05) is 19.2 Å². The first kappa shape index (κ1) is 14.6. The molecule has 6 heteroatoms. The lowest BCUT2D eigenvalue weighted by molar-refractivity contribution is -0.384. The molecule has 0 bridgehead atoms. The van der Waals surface area contributed by atoms with Crippen LogP contribution in [0, 0.1) is 10.1 Å². The van der Waals surface area contributed by atoms with Crippen molar-refractivity contribution in [2.24, 2.45) is 0 Å². The van der Waals surface area contributed by atoms with Gasteiger partial charge in [0.15, 0.2) is 0 Å². The maximum absolute atomic E-state index is 10.8. The summed E-state index contributed by atoms with van der Waals surface area (Å²) in [5.74, 6) is 0. The van der Waals surface area contributed by atoms with Gasteiger partial charge in [0.2, 0.25) is 0 Å². The SMILES string of the molecule is CCc1ncc(CNC(C)c2cccc([N+](=O)[O-])c2)s1. The molecule has 0 saturated heterocycles. The third-order valence-electron chi connectivity index (χ3n) is 3.07. The van der Waals surface area contributed by atoms with Gasteiger partial charge in [-0.1, -0.05) is 19.1 Å². The van der Waals surface area contributed by atoms with Gasteiger partial charge >= 0.3 is 0 Å². The molecule has 0 fully saturated rings. The van der Waals surface area contributed by atoms with E-state index in [0.717, 1.165) is 23.5 Å². The summed E-state index contributed by atoms with van der Waals surface area (Å²) in [4.78, 5) is 15.9. The van der Waals surface area contributed by atoms with Crippen molar-refractivity contribution in [1.82, 2.24) is 10.3 Å². The molecule has 20 heavy (non-hydrogen) atoms. The third kappa shape index (κ3) is 3.61. The molecule has 0 aliphatic rings. The highest BCUT2D eigenvalue weighted by molar-refractivity contribution is 7.11. The van der Waals surface area contributed by atoms with Crippen molar-refractivity contribution in [2.75, 3.05) is 0 Å². The van der Waals surface area contributed by atoms with Gasteiger partial charge in [-0.2, -0.15) is 0 Å². The summed E-state index contributed by atoms with van der Waals surface area (Å²) in [7, 11) is 0. The van der Waals surface area contributed by atoms with Crippen LogP contribution < -0.4 is 5.32 Å². The predicted molar refractivity (Wildman–Crippen MR) is 79.8 cm³/mol. The van der Waals surface area contributed by atoms with Crippen molar-refractivity contribution in [3.63, 3.8) is 0 Å². The zero-order chi connectivity index (χ0) is 14.5. The molecule has 106 valence electrons. The largest absolute Gasteiger partial charge is 0.305 e. The molecule has 1 aromatic carbocycles. The second kappa shape index (κ2) is 6.58. The molecule has 0 aliphatic carbocycles. The smallest absolute Gasteiger partial charge is 0.269 e. The van der Waals surface area contributed by atoms with Gasteiger partial charge in [-0.15, -0.1) is 11.3 Å². The van der Waals surface area contributed by atoms with E-state index in [4.69, 9.17) is 0 Å². The van der Waals surface area contributed by atoms with Crippen LogP contribution in [0.15, 0.2) is 30.5 Å². The molecule has 1 N–H and O–H groups in total. The Hall–Kier alpha value is -1.79. The zero-order valence-corrected chi connectivity index (χ0v) is 12.3. The summed E-state index contributed by atoms with van der Waals surface area (Å²) < 4.78 is 0. The van der Waals surface area contributed by atoms with Crippen molar-refractivity contribution >= 4 is 17.0 Å². The standard InChI is InChI=1S/C14H17N3O2S/c1-3-14-16-9-13(20-14)8-15-10(2)11-5-4-6-12(7-11)17(18)19/h4-7,9-10,15H,3,8H2,1-2H3.